The maximum Gasteiger partial charge on any atom is 0.352 e. The number of aromatic nitrogens is 1. The summed E-state index contributed by atoms with van der Waals surface area (Å²) in [5, 5.41) is 9.40. The number of H-pyrrole nitrogens is 1. The Bertz CT molecular complexity index is 482. The standard InChI is InChI=1S/C9H5FINO2/c10-5-3-7-4(1-6(5)11)2-8(12-7)9(13)14/h1-3,12H,(H,13,14). The lowest BCUT2D eigenvalue weighted by Gasteiger charge is -1.93. The Kier molecular flexibility index (Phi) is 2.18. The lowest BCUT2D eigenvalue weighted by Crippen LogP contribution is -1.94. The monoisotopic (exact) mass is 305 g/mol. The Morgan fingerprint density at radius 2 is 2.14 bits per heavy atom. The summed E-state index contributed by atoms with van der Waals surface area (Å²) in [6, 6.07) is 4.39. The first kappa shape index (κ1) is 9.45. The molecule has 0 aliphatic rings. The van der Waals surface area contributed by atoms with Crippen LogP contribution in [-0.4, -0.2) is 16.1 Å². The fraction of sp³-hybridized carbons (Fsp3) is 0. The number of fused-ring (bicyclic) bond motifs is 1. The van der Waals surface area contributed by atoms with Gasteiger partial charge in [-0.3, -0.25) is 0 Å². The van der Waals surface area contributed by atoms with Crippen molar-refractivity contribution in [1.29, 1.82) is 0 Å². The van der Waals surface area contributed by atoms with Gasteiger partial charge in [-0.15, -0.1) is 0 Å². The first-order valence-electron chi connectivity index (χ1n) is 3.79. The third-order valence-electron chi connectivity index (χ3n) is 1.89. The van der Waals surface area contributed by atoms with Gasteiger partial charge in [0.25, 0.3) is 0 Å². The summed E-state index contributed by atoms with van der Waals surface area (Å²) in [6.45, 7) is 0. The number of nitrogens with one attached hydrogen (secondary N) is 1. The maximum absolute atomic E-state index is 13.1. The molecule has 0 aliphatic heterocycles. The Labute approximate surface area is 92.1 Å². The van der Waals surface area contributed by atoms with Crippen LogP contribution < -0.4 is 0 Å². The zero-order chi connectivity index (χ0) is 10.3. The second-order valence-corrected chi connectivity index (χ2v) is 4.00. The number of carboxylic acid groups (broad SMARTS) is 1. The highest BCUT2D eigenvalue weighted by Gasteiger charge is 2.09. The molecular weight excluding hydrogens is 300 g/mol. The van der Waals surface area contributed by atoms with Crippen molar-refractivity contribution in [3.8, 4) is 0 Å². The van der Waals surface area contributed by atoms with Gasteiger partial charge in [0.05, 0.1) is 0 Å². The predicted octanol–water partition coefficient (Wildman–Crippen LogP) is 2.61. The average Bonchev–Trinajstić information content (AvgIpc) is 2.48. The molecule has 0 saturated carbocycles. The van der Waals surface area contributed by atoms with Gasteiger partial charge in [0.15, 0.2) is 0 Å². The van der Waals surface area contributed by atoms with Gasteiger partial charge in [0, 0.05) is 14.5 Å². The quantitative estimate of drug-likeness (QED) is 0.796. The minimum atomic E-state index is -1.04. The number of halogens is 2. The van der Waals surface area contributed by atoms with Crippen molar-refractivity contribution in [3.63, 3.8) is 0 Å². The second-order valence-electron chi connectivity index (χ2n) is 2.84. The van der Waals surface area contributed by atoms with Gasteiger partial charge in [0.2, 0.25) is 0 Å². The summed E-state index contributed by atoms with van der Waals surface area (Å²) in [7, 11) is 0. The van der Waals surface area contributed by atoms with Crippen LogP contribution in [0.4, 0.5) is 4.39 Å². The van der Waals surface area contributed by atoms with E-state index >= 15 is 0 Å². The summed E-state index contributed by atoms with van der Waals surface area (Å²) in [5.41, 5.74) is 0.571. The zero-order valence-electron chi connectivity index (χ0n) is 6.84. The molecular formula is C9H5FINO2. The van der Waals surface area contributed by atoms with E-state index in [-0.39, 0.29) is 11.5 Å². The van der Waals surface area contributed by atoms with E-state index in [4.69, 9.17) is 5.11 Å². The van der Waals surface area contributed by atoms with E-state index in [1.54, 1.807) is 6.07 Å². The molecule has 0 amide bonds. The molecule has 3 nitrogen and oxygen atoms in total. The van der Waals surface area contributed by atoms with E-state index in [1.165, 1.54) is 12.1 Å². The van der Waals surface area contributed by atoms with E-state index in [1.807, 2.05) is 22.6 Å². The van der Waals surface area contributed by atoms with Crippen LogP contribution in [-0.2, 0) is 0 Å². The predicted molar refractivity (Wildman–Crippen MR) is 57.9 cm³/mol. The molecule has 0 fully saturated rings. The van der Waals surface area contributed by atoms with Crippen molar-refractivity contribution in [1.82, 2.24) is 4.98 Å². The van der Waals surface area contributed by atoms with Crippen LogP contribution in [0.5, 0.6) is 0 Å². The number of rotatable bonds is 1. The van der Waals surface area contributed by atoms with E-state index in [9.17, 15) is 9.18 Å². The van der Waals surface area contributed by atoms with Crippen molar-refractivity contribution < 1.29 is 14.3 Å². The number of aromatic amines is 1. The molecule has 14 heavy (non-hydrogen) atoms. The van der Waals surface area contributed by atoms with Crippen LogP contribution in [0.25, 0.3) is 10.9 Å². The van der Waals surface area contributed by atoms with Crippen molar-refractivity contribution in [2.45, 2.75) is 0 Å². The highest BCUT2D eigenvalue weighted by atomic mass is 127. The summed E-state index contributed by atoms with van der Waals surface area (Å²) in [5.74, 6) is -1.39. The third kappa shape index (κ3) is 1.47. The molecule has 5 heteroatoms. The van der Waals surface area contributed by atoms with E-state index in [0.29, 0.717) is 14.5 Å². The normalized spacial score (nSPS) is 10.7. The molecule has 2 N–H and O–H groups in total. The highest BCUT2D eigenvalue weighted by Crippen LogP contribution is 2.21. The second kappa shape index (κ2) is 3.23. The molecule has 0 unspecified atom stereocenters. The van der Waals surface area contributed by atoms with Gasteiger partial charge in [-0.25, -0.2) is 9.18 Å². The number of benzene rings is 1. The minimum Gasteiger partial charge on any atom is -0.477 e. The van der Waals surface area contributed by atoms with Crippen LogP contribution >= 0.6 is 22.6 Å². The minimum absolute atomic E-state index is 0.0707. The van der Waals surface area contributed by atoms with Crippen molar-refractivity contribution in [2.24, 2.45) is 0 Å². The molecule has 1 aromatic heterocycles. The van der Waals surface area contributed by atoms with Gasteiger partial charge in [-0.05, 0) is 40.8 Å². The van der Waals surface area contributed by atoms with Crippen LogP contribution in [0.1, 0.15) is 10.5 Å². The Hall–Kier alpha value is -1.11. The number of aromatic carboxylic acids is 1. The molecule has 0 spiro atoms. The van der Waals surface area contributed by atoms with Gasteiger partial charge in [-0.2, -0.15) is 0 Å². The molecule has 0 atom stereocenters. The van der Waals surface area contributed by atoms with Crippen molar-refractivity contribution in [2.75, 3.05) is 0 Å². The fourth-order valence-corrected chi connectivity index (χ4v) is 1.73. The van der Waals surface area contributed by atoms with E-state index in [0.717, 1.165) is 0 Å². The fourth-order valence-electron chi connectivity index (χ4n) is 1.24. The van der Waals surface area contributed by atoms with Crippen LogP contribution in [0.15, 0.2) is 18.2 Å². The number of carbonyl (C=O) groups is 1. The zero-order valence-corrected chi connectivity index (χ0v) is 9.00. The lowest BCUT2D eigenvalue weighted by atomic mass is 10.2. The Balaban J connectivity index is 2.72. The average molecular weight is 305 g/mol. The Morgan fingerprint density at radius 3 is 2.79 bits per heavy atom. The van der Waals surface area contributed by atoms with Gasteiger partial charge in [-0.1, -0.05) is 0 Å². The van der Waals surface area contributed by atoms with E-state index < -0.39 is 5.97 Å². The van der Waals surface area contributed by atoms with Crippen LogP contribution in [0, 0.1) is 9.39 Å². The molecule has 1 heterocycles. The van der Waals surface area contributed by atoms with Crippen LogP contribution in [0.3, 0.4) is 0 Å². The van der Waals surface area contributed by atoms with Gasteiger partial charge >= 0.3 is 5.97 Å². The largest absolute Gasteiger partial charge is 0.477 e. The molecule has 2 aromatic rings. The summed E-state index contributed by atoms with van der Waals surface area (Å²) >= 11 is 1.86. The number of carboxylic acids is 1. The van der Waals surface area contributed by atoms with Crippen LogP contribution in [0.2, 0.25) is 0 Å². The molecule has 0 radical (unpaired) electrons. The maximum atomic E-state index is 13.1. The van der Waals surface area contributed by atoms with Crippen molar-refractivity contribution in [3.05, 3.63) is 33.3 Å². The third-order valence-corrected chi connectivity index (χ3v) is 2.72. The first-order valence-corrected chi connectivity index (χ1v) is 4.87. The lowest BCUT2D eigenvalue weighted by molar-refractivity contribution is 0.0691. The topological polar surface area (TPSA) is 53.1 Å². The summed E-state index contributed by atoms with van der Waals surface area (Å²) < 4.78 is 13.6. The van der Waals surface area contributed by atoms with Gasteiger partial charge < -0.3 is 10.1 Å². The summed E-state index contributed by atoms with van der Waals surface area (Å²) in [6.07, 6.45) is 0. The number of hydrogen-bond donors (Lipinski definition) is 2. The molecule has 0 saturated heterocycles. The molecule has 2 rings (SSSR count). The highest BCUT2D eigenvalue weighted by molar-refractivity contribution is 14.1. The molecule has 0 aliphatic carbocycles. The number of hydrogen-bond acceptors (Lipinski definition) is 1. The molecule has 1 aromatic carbocycles. The van der Waals surface area contributed by atoms with E-state index in [2.05, 4.69) is 4.98 Å². The summed E-state index contributed by atoms with van der Waals surface area (Å²) in [4.78, 5) is 13.2. The smallest absolute Gasteiger partial charge is 0.352 e. The SMILES string of the molecule is O=C(O)c1cc2cc(I)c(F)cc2[nH]1. The van der Waals surface area contributed by atoms with Crippen molar-refractivity contribution >= 4 is 39.5 Å². The molecule has 0 bridgehead atoms. The Morgan fingerprint density at radius 1 is 1.43 bits per heavy atom. The van der Waals surface area contributed by atoms with Gasteiger partial charge in [0.1, 0.15) is 11.5 Å². The first-order chi connectivity index (χ1) is 6.58. The molecule has 72 valence electrons.